The minimum absolute atomic E-state index is 0.208. The smallest absolute Gasteiger partial charge is 0.220 e. The van der Waals surface area contributed by atoms with Crippen molar-refractivity contribution in [2.45, 2.75) is 23.5 Å². The molecule has 0 amide bonds. The number of nitrogens with zero attached hydrogens (tertiary/aromatic N) is 6. The van der Waals surface area contributed by atoms with E-state index in [2.05, 4.69) is 41.4 Å². The zero-order valence-electron chi connectivity index (χ0n) is 11.4. The zero-order valence-corrected chi connectivity index (χ0v) is 13.8. The number of aromatic nitrogens is 6. The van der Waals surface area contributed by atoms with E-state index >= 15 is 0 Å². The van der Waals surface area contributed by atoms with E-state index in [1.165, 1.54) is 11.0 Å². The molecule has 22 heavy (non-hydrogen) atoms. The lowest BCUT2D eigenvalue weighted by atomic mass is 10.3. The lowest BCUT2D eigenvalue weighted by Gasteiger charge is -2.05. The highest BCUT2D eigenvalue weighted by molar-refractivity contribution is 9.10. The number of rotatable bonds is 4. The molecule has 112 valence electrons. The summed E-state index contributed by atoms with van der Waals surface area (Å²) in [6.45, 7) is 1.84. The molecule has 0 aliphatic heterocycles. The first kappa shape index (κ1) is 15.0. The van der Waals surface area contributed by atoms with Crippen molar-refractivity contribution in [1.82, 2.24) is 30.2 Å². The molecule has 0 N–H and O–H groups in total. The third-order valence-electron chi connectivity index (χ3n) is 2.86. The van der Waals surface area contributed by atoms with Crippen LogP contribution in [-0.4, -0.2) is 30.2 Å². The monoisotopic (exact) mass is 380 g/mol. The van der Waals surface area contributed by atoms with Gasteiger partial charge in [0.2, 0.25) is 5.16 Å². The Labute approximate surface area is 138 Å². The molecular weight excluding hydrogens is 371 g/mol. The molecule has 0 aliphatic rings. The Kier molecular flexibility index (Phi) is 4.44. The van der Waals surface area contributed by atoms with Gasteiger partial charge in [-0.05, 0) is 52.9 Å². The summed E-state index contributed by atoms with van der Waals surface area (Å²) in [4.78, 5) is 7.88. The summed E-state index contributed by atoms with van der Waals surface area (Å²) in [6, 6.07) is 7.48. The SMILES string of the molecule is CCc1ncnc(Sc2nnnn2-c2ccc(Br)cc2)c1F. The molecule has 1 aromatic carbocycles. The molecule has 2 heterocycles. The van der Waals surface area contributed by atoms with Crippen LogP contribution in [0.2, 0.25) is 0 Å². The Bertz CT molecular complexity index is 791. The average molecular weight is 381 g/mol. The Morgan fingerprint density at radius 1 is 1.23 bits per heavy atom. The Morgan fingerprint density at radius 2 is 2.00 bits per heavy atom. The van der Waals surface area contributed by atoms with Gasteiger partial charge in [-0.3, -0.25) is 0 Å². The number of benzene rings is 1. The van der Waals surface area contributed by atoms with Gasteiger partial charge < -0.3 is 0 Å². The van der Waals surface area contributed by atoms with E-state index in [9.17, 15) is 4.39 Å². The fraction of sp³-hybridized carbons (Fsp3) is 0.154. The minimum atomic E-state index is -0.430. The average Bonchev–Trinajstić information content (AvgIpc) is 2.98. The molecule has 0 fully saturated rings. The van der Waals surface area contributed by atoms with Crippen LogP contribution in [-0.2, 0) is 6.42 Å². The molecule has 3 rings (SSSR count). The van der Waals surface area contributed by atoms with Gasteiger partial charge in [-0.25, -0.2) is 14.4 Å². The standard InChI is InChI=1S/C13H10BrFN6S/c1-2-10-11(15)12(17-7-16-10)22-13-18-19-20-21(13)9-5-3-8(14)4-6-9/h3-7H,2H2,1H3. The summed E-state index contributed by atoms with van der Waals surface area (Å²) < 4.78 is 16.7. The van der Waals surface area contributed by atoms with Crippen molar-refractivity contribution in [3.63, 3.8) is 0 Å². The molecule has 0 radical (unpaired) electrons. The molecule has 0 aliphatic carbocycles. The van der Waals surface area contributed by atoms with Gasteiger partial charge in [0.15, 0.2) is 5.82 Å². The number of hydrogen-bond donors (Lipinski definition) is 0. The van der Waals surface area contributed by atoms with Gasteiger partial charge in [-0.15, -0.1) is 5.10 Å². The first-order valence-electron chi connectivity index (χ1n) is 6.40. The highest BCUT2D eigenvalue weighted by Crippen LogP contribution is 2.28. The summed E-state index contributed by atoms with van der Waals surface area (Å²) in [5.41, 5.74) is 1.15. The van der Waals surface area contributed by atoms with Crippen molar-refractivity contribution in [2.24, 2.45) is 0 Å². The number of halogens is 2. The summed E-state index contributed by atoms with van der Waals surface area (Å²) in [5, 5.41) is 12.2. The second-order valence-corrected chi connectivity index (χ2v) is 6.12. The van der Waals surface area contributed by atoms with E-state index in [1.54, 1.807) is 0 Å². The van der Waals surface area contributed by atoms with Crippen LogP contribution in [0.5, 0.6) is 0 Å². The van der Waals surface area contributed by atoms with Crippen molar-refractivity contribution >= 4 is 27.7 Å². The maximum absolute atomic E-state index is 14.2. The minimum Gasteiger partial charge on any atom is -0.238 e. The van der Waals surface area contributed by atoms with Crippen LogP contribution in [0.4, 0.5) is 4.39 Å². The molecule has 0 saturated heterocycles. The van der Waals surface area contributed by atoms with E-state index in [0.717, 1.165) is 21.9 Å². The highest BCUT2D eigenvalue weighted by atomic mass is 79.9. The van der Waals surface area contributed by atoms with E-state index < -0.39 is 5.82 Å². The van der Waals surface area contributed by atoms with Crippen molar-refractivity contribution in [2.75, 3.05) is 0 Å². The van der Waals surface area contributed by atoms with Crippen molar-refractivity contribution in [3.05, 3.63) is 46.6 Å². The number of tetrazole rings is 1. The quantitative estimate of drug-likeness (QED) is 0.647. The summed E-state index contributed by atoms with van der Waals surface area (Å²) in [6.07, 6.45) is 1.84. The Morgan fingerprint density at radius 3 is 2.73 bits per heavy atom. The molecule has 0 spiro atoms. The summed E-state index contributed by atoms with van der Waals surface area (Å²) in [5.74, 6) is -0.430. The van der Waals surface area contributed by atoms with Gasteiger partial charge in [0, 0.05) is 4.47 Å². The molecule has 0 saturated carbocycles. The van der Waals surface area contributed by atoms with Gasteiger partial charge in [0.1, 0.15) is 11.4 Å². The van der Waals surface area contributed by atoms with Crippen LogP contribution in [0.1, 0.15) is 12.6 Å². The van der Waals surface area contributed by atoms with Crippen molar-refractivity contribution in [3.8, 4) is 5.69 Å². The molecule has 3 aromatic rings. The summed E-state index contributed by atoms with van der Waals surface area (Å²) >= 11 is 4.44. The third-order valence-corrected chi connectivity index (χ3v) is 4.31. The van der Waals surface area contributed by atoms with Gasteiger partial charge in [-0.1, -0.05) is 22.9 Å². The Hall–Kier alpha value is -1.87. The van der Waals surface area contributed by atoms with E-state index in [-0.39, 0.29) is 5.03 Å². The maximum Gasteiger partial charge on any atom is 0.220 e. The second kappa shape index (κ2) is 6.49. The number of hydrogen-bond acceptors (Lipinski definition) is 6. The zero-order chi connectivity index (χ0) is 15.5. The van der Waals surface area contributed by atoms with E-state index in [4.69, 9.17) is 0 Å². The van der Waals surface area contributed by atoms with E-state index in [1.807, 2.05) is 31.2 Å². The topological polar surface area (TPSA) is 69.4 Å². The fourth-order valence-corrected chi connectivity index (χ4v) is 2.83. The van der Waals surface area contributed by atoms with Crippen LogP contribution < -0.4 is 0 Å². The third kappa shape index (κ3) is 3.00. The van der Waals surface area contributed by atoms with Gasteiger partial charge in [-0.2, -0.15) is 4.68 Å². The van der Waals surface area contributed by atoms with Gasteiger partial charge in [0.05, 0.1) is 11.4 Å². The second-order valence-electron chi connectivity index (χ2n) is 4.24. The molecule has 0 unspecified atom stereocenters. The normalized spacial score (nSPS) is 10.9. The molecule has 0 bridgehead atoms. The van der Waals surface area contributed by atoms with Gasteiger partial charge in [0.25, 0.3) is 0 Å². The Balaban J connectivity index is 1.95. The molecule has 0 atom stereocenters. The lowest BCUT2D eigenvalue weighted by Crippen LogP contribution is -2.01. The van der Waals surface area contributed by atoms with Crippen molar-refractivity contribution in [1.29, 1.82) is 0 Å². The van der Waals surface area contributed by atoms with Crippen LogP contribution in [0, 0.1) is 5.82 Å². The van der Waals surface area contributed by atoms with Crippen LogP contribution in [0.3, 0.4) is 0 Å². The predicted octanol–water partition coefficient (Wildman–Crippen LogP) is 3.07. The molecule has 6 nitrogen and oxygen atoms in total. The van der Waals surface area contributed by atoms with Gasteiger partial charge >= 0.3 is 0 Å². The lowest BCUT2D eigenvalue weighted by molar-refractivity contribution is 0.558. The molecule has 9 heteroatoms. The van der Waals surface area contributed by atoms with Crippen LogP contribution >= 0.6 is 27.7 Å². The van der Waals surface area contributed by atoms with Crippen LogP contribution in [0.25, 0.3) is 5.69 Å². The first-order chi connectivity index (χ1) is 10.7. The largest absolute Gasteiger partial charge is 0.238 e. The maximum atomic E-state index is 14.2. The fourth-order valence-electron chi connectivity index (χ4n) is 1.78. The first-order valence-corrected chi connectivity index (χ1v) is 8.01. The summed E-state index contributed by atoms with van der Waals surface area (Å²) in [7, 11) is 0. The molecular formula is C13H10BrFN6S. The number of aryl methyl sites for hydroxylation is 1. The predicted molar refractivity (Wildman–Crippen MR) is 82.3 cm³/mol. The van der Waals surface area contributed by atoms with Crippen molar-refractivity contribution < 1.29 is 4.39 Å². The van der Waals surface area contributed by atoms with E-state index in [0.29, 0.717) is 17.3 Å². The molecule has 2 aromatic heterocycles. The highest BCUT2D eigenvalue weighted by Gasteiger charge is 2.16. The van der Waals surface area contributed by atoms with Crippen LogP contribution in [0.15, 0.2) is 45.2 Å².